The van der Waals surface area contributed by atoms with Gasteiger partial charge in [-0.2, -0.15) is 0 Å². The molecular formula is C11H7Cl2N3S. The highest BCUT2D eigenvalue weighted by Crippen LogP contribution is 2.34. The van der Waals surface area contributed by atoms with E-state index >= 15 is 0 Å². The Morgan fingerprint density at radius 3 is 2.71 bits per heavy atom. The lowest BCUT2D eigenvalue weighted by atomic mass is 10.4. The number of pyridine rings is 1. The van der Waals surface area contributed by atoms with E-state index < -0.39 is 0 Å². The van der Waals surface area contributed by atoms with Crippen LogP contribution in [0.3, 0.4) is 0 Å². The van der Waals surface area contributed by atoms with Crippen LogP contribution in [0.4, 0.5) is 5.82 Å². The van der Waals surface area contributed by atoms with Crippen molar-refractivity contribution in [1.82, 2.24) is 9.38 Å². The first-order chi connectivity index (χ1) is 8.16. The van der Waals surface area contributed by atoms with Crippen LogP contribution in [0.15, 0.2) is 30.3 Å². The maximum atomic E-state index is 6.09. The summed E-state index contributed by atoms with van der Waals surface area (Å²) < 4.78 is 2.53. The van der Waals surface area contributed by atoms with Crippen molar-refractivity contribution in [2.24, 2.45) is 0 Å². The number of hydrogen-bond donors (Lipinski definition) is 1. The van der Waals surface area contributed by atoms with E-state index in [1.807, 2.05) is 34.7 Å². The molecule has 0 amide bonds. The fraction of sp³-hybridized carbons (Fsp3) is 0. The molecule has 0 bridgehead atoms. The third-order valence-corrected chi connectivity index (χ3v) is 3.95. The van der Waals surface area contributed by atoms with Gasteiger partial charge in [0.2, 0.25) is 0 Å². The van der Waals surface area contributed by atoms with E-state index in [9.17, 15) is 0 Å². The number of nitrogen functional groups attached to an aromatic ring is 1. The number of aromatic nitrogens is 2. The van der Waals surface area contributed by atoms with Gasteiger partial charge in [-0.05, 0) is 24.3 Å². The minimum absolute atomic E-state index is 0.442. The number of nitrogens with two attached hydrogens (primary N) is 1. The van der Waals surface area contributed by atoms with Gasteiger partial charge in [0.15, 0.2) is 11.0 Å². The maximum absolute atomic E-state index is 6.09. The molecular weight excluding hydrogens is 277 g/mol. The lowest BCUT2D eigenvalue weighted by Gasteiger charge is -2.02. The Labute approximate surface area is 111 Å². The first-order valence-corrected chi connectivity index (χ1v) is 6.42. The monoisotopic (exact) mass is 283 g/mol. The van der Waals surface area contributed by atoms with Crippen LogP contribution < -0.4 is 5.73 Å². The summed E-state index contributed by atoms with van der Waals surface area (Å²) in [5.41, 5.74) is 6.75. The van der Waals surface area contributed by atoms with E-state index in [1.54, 1.807) is 0 Å². The van der Waals surface area contributed by atoms with E-state index in [-0.39, 0.29) is 0 Å². The van der Waals surface area contributed by atoms with Crippen molar-refractivity contribution in [2.45, 2.75) is 0 Å². The fourth-order valence-corrected chi connectivity index (χ4v) is 2.97. The summed E-state index contributed by atoms with van der Waals surface area (Å²) in [6.45, 7) is 0. The van der Waals surface area contributed by atoms with Crippen LogP contribution >= 0.6 is 34.5 Å². The summed E-state index contributed by atoms with van der Waals surface area (Å²) in [5, 5.41) is 0.442. The van der Waals surface area contributed by atoms with E-state index in [0.29, 0.717) is 15.3 Å². The molecule has 0 unspecified atom stereocenters. The highest BCUT2D eigenvalue weighted by atomic mass is 35.5. The molecule has 0 aliphatic heterocycles. The largest absolute Gasteiger partial charge is 0.385 e. The van der Waals surface area contributed by atoms with Gasteiger partial charge in [-0.1, -0.05) is 29.3 Å². The number of imidazole rings is 1. The predicted octanol–water partition coefficient (Wildman–Crippen LogP) is 3.95. The molecule has 0 saturated carbocycles. The van der Waals surface area contributed by atoms with Gasteiger partial charge in [0, 0.05) is 0 Å². The summed E-state index contributed by atoms with van der Waals surface area (Å²) >= 11 is 13.5. The van der Waals surface area contributed by atoms with Gasteiger partial charge in [-0.25, -0.2) is 4.98 Å². The molecule has 0 fully saturated rings. The average Bonchev–Trinajstić information content (AvgIpc) is 2.85. The van der Waals surface area contributed by atoms with E-state index in [4.69, 9.17) is 28.9 Å². The fourth-order valence-electron chi connectivity index (χ4n) is 1.72. The Hall–Kier alpha value is -1.23. The molecule has 0 aliphatic rings. The second kappa shape index (κ2) is 3.91. The van der Waals surface area contributed by atoms with Crippen LogP contribution in [-0.2, 0) is 0 Å². The van der Waals surface area contributed by atoms with Crippen molar-refractivity contribution in [2.75, 3.05) is 5.73 Å². The molecule has 0 aliphatic carbocycles. The third kappa shape index (κ3) is 1.69. The summed E-state index contributed by atoms with van der Waals surface area (Å²) in [7, 11) is 0. The zero-order valence-electron chi connectivity index (χ0n) is 8.52. The summed E-state index contributed by atoms with van der Waals surface area (Å²) in [4.78, 5) is 5.27. The quantitative estimate of drug-likeness (QED) is 0.735. The van der Waals surface area contributed by atoms with Crippen LogP contribution in [-0.4, -0.2) is 9.38 Å². The molecule has 0 aromatic carbocycles. The van der Waals surface area contributed by atoms with E-state index in [0.717, 1.165) is 16.2 Å². The predicted molar refractivity (Wildman–Crippen MR) is 72.9 cm³/mol. The van der Waals surface area contributed by atoms with Crippen molar-refractivity contribution < 1.29 is 0 Å². The number of thiophene rings is 1. The van der Waals surface area contributed by atoms with Crippen molar-refractivity contribution in [3.8, 4) is 10.7 Å². The van der Waals surface area contributed by atoms with Gasteiger partial charge in [0.25, 0.3) is 0 Å². The Morgan fingerprint density at radius 2 is 2.00 bits per heavy atom. The van der Waals surface area contributed by atoms with Crippen molar-refractivity contribution >= 4 is 45.9 Å². The Morgan fingerprint density at radius 1 is 1.18 bits per heavy atom. The molecule has 6 heteroatoms. The first kappa shape index (κ1) is 10.9. The summed E-state index contributed by atoms with van der Waals surface area (Å²) in [6.07, 6.45) is 0. The first-order valence-electron chi connectivity index (χ1n) is 4.85. The molecule has 0 radical (unpaired) electrons. The van der Waals surface area contributed by atoms with Crippen LogP contribution in [0, 0.1) is 0 Å². The molecule has 3 nitrogen and oxygen atoms in total. The highest BCUT2D eigenvalue weighted by Gasteiger charge is 2.14. The van der Waals surface area contributed by atoms with E-state index in [2.05, 4.69) is 4.98 Å². The van der Waals surface area contributed by atoms with Gasteiger partial charge in [-0.15, -0.1) is 11.3 Å². The van der Waals surface area contributed by atoms with Crippen LogP contribution in [0.2, 0.25) is 9.49 Å². The average molecular weight is 284 g/mol. The smallest absolute Gasteiger partial charge is 0.158 e. The second-order valence-electron chi connectivity index (χ2n) is 3.50. The highest BCUT2D eigenvalue weighted by molar-refractivity contribution is 7.19. The molecule has 3 rings (SSSR count). The minimum atomic E-state index is 0.442. The molecule has 17 heavy (non-hydrogen) atoms. The molecule has 3 aromatic heterocycles. The Kier molecular flexibility index (Phi) is 2.50. The maximum Gasteiger partial charge on any atom is 0.158 e. The molecule has 2 N–H and O–H groups in total. The van der Waals surface area contributed by atoms with Crippen molar-refractivity contribution in [3.63, 3.8) is 0 Å². The SMILES string of the molecule is Nc1cccc2c(Cl)nc(-c3ccc(Cl)s3)n12. The Bertz CT molecular complexity index is 702. The summed E-state index contributed by atoms with van der Waals surface area (Å²) in [5.74, 6) is 1.32. The number of halogens is 2. The zero-order chi connectivity index (χ0) is 12.0. The number of nitrogens with zero attached hydrogens (tertiary/aromatic N) is 2. The minimum Gasteiger partial charge on any atom is -0.385 e. The standard InChI is InChI=1S/C11H7Cl2N3S/c12-8-5-4-7(17-8)11-15-10(13)6-2-1-3-9(14)16(6)11/h1-5H,14H2. The van der Waals surface area contributed by atoms with Gasteiger partial charge in [-0.3, -0.25) is 4.40 Å². The van der Waals surface area contributed by atoms with Crippen LogP contribution in [0.1, 0.15) is 0 Å². The van der Waals surface area contributed by atoms with Crippen LogP contribution in [0.5, 0.6) is 0 Å². The second-order valence-corrected chi connectivity index (χ2v) is 5.57. The van der Waals surface area contributed by atoms with E-state index in [1.165, 1.54) is 11.3 Å². The zero-order valence-corrected chi connectivity index (χ0v) is 10.9. The number of hydrogen-bond acceptors (Lipinski definition) is 3. The van der Waals surface area contributed by atoms with Gasteiger partial charge in [0.1, 0.15) is 5.82 Å². The lowest BCUT2D eigenvalue weighted by molar-refractivity contribution is 1.18. The normalized spacial score (nSPS) is 11.2. The molecule has 3 heterocycles. The van der Waals surface area contributed by atoms with Gasteiger partial charge in [0.05, 0.1) is 14.7 Å². The van der Waals surface area contributed by atoms with Crippen molar-refractivity contribution in [1.29, 1.82) is 0 Å². The molecule has 86 valence electrons. The summed E-state index contributed by atoms with van der Waals surface area (Å²) in [6, 6.07) is 9.28. The lowest BCUT2D eigenvalue weighted by Crippen LogP contribution is -1.97. The van der Waals surface area contributed by atoms with Gasteiger partial charge >= 0.3 is 0 Å². The van der Waals surface area contributed by atoms with Gasteiger partial charge < -0.3 is 5.73 Å². The topological polar surface area (TPSA) is 43.3 Å². The number of anilines is 1. The Balaban J connectivity index is 2.37. The van der Waals surface area contributed by atoms with Crippen LogP contribution in [0.25, 0.3) is 16.2 Å². The molecule has 3 aromatic rings. The third-order valence-electron chi connectivity index (χ3n) is 2.44. The molecule has 0 atom stereocenters. The molecule has 0 spiro atoms. The number of rotatable bonds is 1. The van der Waals surface area contributed by atoms with Crippen molar-refractivity contribution in [3.05, 3.63) is 39.8 Å². The number of fused-ring (bicyclic) bond motifs is 1. The molecule has 0 saturated heterocycles.